The second-order valence-electron chi connectivity index (χ2n) is 8.95. The fourth-order valence-corrected chi connectivity index (χ4v) is 4.86. The van der Waals surface area contributed by atoms with Crippen molar-refractivity contribution in [1.29, 1.82) is 0 Å². The van der Waals surface area contributed by atoms with Crippen LogP contribution < -0.4 is 10.2 Å². The van der Waals surface area contributed by atoms with Crippen LogP contribution in [-0.4, -0.2) is 70.6 Å². The molecule has 2 aromatic rings. The zero-order valence-electron chi connectivity index (χ0n) is 18.5. The van der Waals surface area contributed by atoms with E-state index in [9.17, 15) is 26.7 Å². The first-order chi connectivity index (χ1) is 16.7. The number of amides is 1. The molecule has 3 atom stereocenters. The molecule has 35 heavy (non-hydrogen) atoms. The Hall–Kier alpha value is -3.09. The highest BCUT2D eigenvalue weighted by Crippen LogP contribution is 2.35. The molecule has 5 rings (SSSR count). The molecule has 3 fully saturated rings. The number of rotatable bonds is 5. The number of ether oxygens (including phenoxy) is 1. The Labute approximate surface area is 197 Å². The van der Waals surface area contributed by atoms with Gasteiger partial charge in [0.2, 0.25) is 5.95 Å². The first-order valence-corrected chi connectivity index (χ1v) is 11.3. The normalized spacial score (nSPS) is 24.3. The first kappa shape index (κ1) is 23.6. The second kappa shape index (κ2) is 9.17. The number of aromatic nitrogens is 3. The van der Waals surface area contributed by atoms with Crippen LogP contribution in [0.2, 0.25) is 0 Å². The van der Waals surface area contributed by atoms with Gasteiger partial charge in [-0.15, -0.1) is 0 Å². The molecule has 0 radical (unpaired) electrons. The Morgan fingerprint density at radius 1 is 1.17 bits per heavy atom. The Bertz CT molecular complexity index is 1100. The van der Waals surface area contributed by atoms with Gasteiger partial charge in [0.05, 0.1) is 30.0 Å². The maximum Gasteiger partial charge on any atom is 0.416 e. The second-order valence-corrected chi connectivity index (χ2v) is 8.95. The minimum Gasteiger partial charge on any atom is -0.374 e. The molecule has 3 unspecified atom stereocenters. The summed E-state index contributed by atoms with van der Waals surface area (Å²) in [6.07, 6.45) is -4.52. The Morgan fingerprint density at radius 2 is 2.00 bits per heavy atom. The quantitative estimate of drug-likeness (QED) is 0.631. The monoisotopic (exact) mass is 498 g/mol. The van der Waals surface area contributed by atoms with Crippen LogP contribution in [-0.2, 0) is 15.7 Å². The average molecular weight is 498 g/mol. The van der Waals surface area contributed by atoms with Crippen molar-refractivity contribution in [3.05, 3.63) is 35.7 Å². The molecular weight excluding hydrogens is 475 g/mol. The third-order valence-electron chi connectivity index (χ3n) is 6.57. The number of hydrogen-bond donors (Lipinski definition) is 1. The zero-order valence-corrected chi connectivity index (χ0v) is 18.5. The number of anilines is 3. The summed E-state index contributed by atoms with van der Waals surface area (Å²) in [4.78, 5) is 28.2. The Morgan fingerprint density at radius 3 is 2.69 bits per heavy atom. The van der Waals surface area contributed by atoms with Crippen LogP contribution in [0, 0.1) is 0 Å². The number of morpholine rings is 1. The molecule has 3 aliphatic rings. The number of carbonyl (C=O) groups excluding carboxylic acids is 1. The molecule has 0 aliphatic carbocycles. The number of alkyl halides is 5. The zero-order chi connectivity index (χ0) is 24.7. The third-order valence-corrected chi connectivity index (χ3v) is 6.57. The minimum atomic E-state index is -4.53. The summed E-state index contributed by atoms with van der Waals surface area (Å²) in [5.41, 5.74) is -0.327. The Balaban J connectivity index is 1.46. The number of nitrogens with zero attached hydrogens (tertiary/aromatic N) is 5. The van der Waals surface area contributed by atoms with Crippen molar-refractivity contribution in [2.75, 3.05) is 36.5 Å². The molecule has 0 aromatic carbocycles. The van der Waals surface area contributed by atoms with E-state index >= 15 is 0 Å². The molecule has 0 saturated carbocycles. The van der Waals surface area contributed by atoms with E-state index in [4.69, 9.17) is 4.74 Å². The predicted octanol–water partition coefficient (Wildman–Crippen LogP) is 3.58. The van der Waals surface area contributed by atoms with E-state index in [1.54, 1.807) is 6.07 Å². The standard InChI is InChI=1S/C22H23F5N6O2/c23-19(24)20(34)32-5-1-2-12(9-32)16-8-18(30-17-6-13(3-4-28-17)22(25,26)27)31-21(29-16)33-10-15-7-14(33)11-35-15/h3-4,6,8,12,14-15,19H,1-2,5,7,9-11H2,(H,28,29,30,31). The van der Waals surface area contributed by atoms with Gasteiger partial charge >= 0.3 is 12.6 Å². The lowest BCUT2D eigenvalue weighted by atomic mass is 9.94. The molecule has 2 bridgehead atoms. The van der Waals surface area contributed by atoms with Crippen molar-refractivity contribution in [2.24, 2.45) is 0 Å². The van der Waals surface area contributed by atoms with E-state index in [0.717, 1.165) is 29.7 Å². The first-order valence-electron chi connectivity index (χ1n) is 11.3. The molecule has 2 aromatic heterocycles. The number of halogens is 5. The molecule has 0 spiro atoms. The minimum absolute atomic E-state index is 0.0418. The van der Waals surface area contributed by atoms with Crippen molar-refractivity contribution in [3.8, 4) is 0 Å². The van der Waals surface area contributed by atoms with Gasteiger partial charge in [0.1, 0.15) is 11.6 Å². The maximum absolute atomic E-state index is 13.1. The summed E-state index contributed by atoms with van der Waals surface area (Å²) < 4.78 is 71.0. The highest BCUT2D eigenvalue weighted by atomic mass is 19.4. The summed E-state index contributed by atoms with van der Waals surface area (Å²) in [6.45, 7) is 1.42. The molecule has 1 N–H and O–H groups in total. The lowest BCUT2D eigenvalue weighted by Gasteiger charge is -2.33. The van der Waals surface area contributed by atoms with E-state index < -0.39 is 24.1 Å². The van der Waals surface area contributed by atoms with E-state index in [0.29, 0.717) is 37.6 Å². The van der Waals surface area contributed by atoms with Crippen molar-refractivity contribution in [3.63, 3.8) is 0 Å². The fraction of sp³-hybridized carbons (Fsp3) is 0.545. The fourth-order valence-electron chi connectivity index (χ4n) is 4.86. The number of carbonyl (C=O) groups is 1. The van der Waals surface area contributed by atoms with Gasteiger partial charge in [-0.3, -0.25) is 4.79 Å². The maximum atomic E-state index is 13.1. The van der Waals surface area contributed by atoms with Crippen molar-refractivity contribution in [1.82, 2.24) is 19.9 Å². The smallest absolute Gasteiger partial charge is 0.374 e. The van der Waals surface area contributed by atoms with Crippen LogP contribution in [0.3, 0.4) is 0 Å². The lowest BCUT2D eigenvalue weighted by Crippen LogP contribution is -2.42. The van der Waals surface area contributed by atoms with E-state index in [-0.39, 0.29) is 42.8 Å². The van der Waals surface area contributed by atoms with Gasteiger partial charge < -0.3 is 19.9 Å². The summed E-state index contributed by atoms with van der Waals surface area (Å²) >= 11 is 0. The summed E-state index contributed by atoms with van der Waals surface area (Å²) in [6, 6.07) is 3.42. The Kier molecular flexibility index (Phi) is 6.20. The van der Waals surface area contributed by atoms with Crippen molar-refractivity contribution >= 4 is 23.5 Å². The molecule has 3 saturated heterocycles. The lowest BCUT2D eigenvalue weighted by molar-refractivity contribution is -0.144. The van der Waals surface area contributed by atoms with Gasteiger partial charge in [0, 0.05) is 37.8 Å². The van der Waals surface area contributed by atoms with Crippen LogP contribution in [0.5, 0.6) is 0 Å². The summed E-state index contributed by atoms with van der Waals surface area (Å²) in [5.74, 6) is -0.966. The van der Waals surface area contributed by atoms with Crippen LogP contribution in [0.4, 0.5) is 39.5 Å². The number of likely N-dealkylation sites (tertiary alicyclic amines) is 1. The van der Waals surface area contributed by atoms with Crippen LogP contribution >= 0.6 is 0 Å². The third kappa shape index (κ3) is 5.00. The van der Waals surface area contributed by atoms with Crippen LogP contribution in [0.15, 0.2) is 24.4 Å². The van der Waals surface area contributed by atoms with Crippen molar-refractivity contribution in [2.45, 2.75) is 49.9 Å². The SMILES string of the molecule is O=C(C(F)F)N1CCCC(c2cc(Nc3cc(C(F)(F)F)ccn3)nc(N3CC4CC3CO4)n2)C1. The summed E-state index contributed by atoms with van der Waals surface area (Å²) in [7, 11) is 0. The van der Waals surface area contributed by atoms with Crippen molar-refractivity contribution < 1.29 is 31.5 Å². The molecule has 8 nitrogen and oxygen atoms in total. The highest BCUT2D eigenvalue weighted by Gasteiger charge is 2.41. The van der Waals surface area contributed by atoms with E-state index in [1.165, 1.54) is 0 Å². The van der Waals surface area contributed by atoms with Crippen LogP contribution in [0.1, 0.15) is 36.4 Å². The van der Waals surface area contributed by atoms with Gasteiger partial charge in [-0.1, -0.05) is 0 Å². The number of fused-ring (bicyclic) bond motifs is 2. The van der Waals surface area contributed by atoms with E-state index in [1.807, 2.05) is 4.90 Å². The molecule has 13 heteroatoms. The highest BCUT2D eigenvalue weighted by molar-refractivity contribution is 5.79. The largest absolute Gasteiger partial charge is 0.416 e. The predicted molar refractivity (Wildman–Crippen MR) is 115 cm³/mol. The number of piperidine rings is 1. The van der Waals surface area contributed by atoms with Gasteiger partial charge in [-0.2, -0.15) is 26.9 Å². The number of hydrogen-bond acceptors (Lipinski definition) is 7. The van der Waals surface area contributed by atoms with Gasteiger partial charge in [0.15, 0.2) is 0 Å². The average Bonchev–Trinajstić information content (AvgIpc) is 3.47. The number of pyridine rings is 1. The molecular formula is C22H23F5N6O2. The van der Waals surface area contributed by atoms with Gasteiger partial charge in [-0.05, 0) is 31.4 Å². The molecule has 188 valence electrons. The van der Waals surface area contributed by atoms with E-state index in [2.05, 4.69) is 20.3 Å². The van der Waals surface area contributed by atoms with Gasteiger partial charge in [0.25, 0.3) is 5.91 Å². The topological polar surface area (TPSA) is 83.5 Å². The molecule has 3 aliphatic heterocycles. The summed E-state index contributed by atoms with van der Waals surface area (Å²) in [5, 5.41) is 2.84. The number of nitrogens with one attached hydrogen (secondary N) is 1. The molecule has 5 heterocycles. The van der Waals surface area contributed by atoms with Crippen LogP contribution in [0.25, 0.3) is 0 Å². The molecule has 1 amide bonds. The van der Waals surface area contributed by atoms with Gasteiger partial charge in [-0.25, -0.2) is 9.97 Å².